The molecule has 0 amide bonds. The van der Waals surface area contributed by atoms with Crippen LogP contribution in [0.2, 0.25) is 0 Å². The molecule has 4 aromatic rings. The molecule has 0 bridgehead atoms. The van der Waals surface area contributed by atoms with Gasteiger partial charge in [-0.15, -0.1) is 32.9 Å². The molecule has 4 rings (SSSR count). The van der Waals surface area contributed by atoms with Gasteiger partial charge in [-0.25, -0.2) is 4.98 Å². The molecule has 1 atom stereocenters. The zero-order chi connectivity index (χ0) is 15.8. The fraction of sp³-hybridized carbons (Fsp3) is 0.143. The number of hydrogen-bond acceptors (Lipinski definition) is 8. The molecule has 0 saturated heterocycles. The van der Waals surface area contributed by atoms with Gasteiger partial charge in [0.05, 0.1) is 10.6 Å². The smallest absolute Gasteiger partial charge is 0.260 e. The molecule has 0 unspecified atom stereocenters. The highest BCUT2D eigenvalue weighted by Crippen LogP contribution is 2.36. The highest BCUT2D eigenvalue weighted by molar-refractivity contribution is 8.01. The Morgan fingerprint density at radius 2 is 2.22 bits per heavy atom. The molecule has 0 aliphatic rings. The predicted molar refractivity (Wildman–Crippen MR) is 97.7 cm³/mol. The first-order valence-corrected chi connectivity index (χ1v) is 10.2. The Bertz CT molecular complexity index is 988. The monoisotopic (exact) mass is 378 g/mol. The average molecular weight is 379 g/mol. The van der Waals surface area contributed by atoms with Gasteiger partial charge in [-0.1, -0.05) is 29.2 Å². The second-order valence-electron chi connectivity index (χ2n) is 4.72. The van der Waals surface area contributed by atoms with Crippen LogP contribution in [-0.4, -0.2) is 20.2 Å². The average Bonchev–Trinajstić information content (AvgIpc) is 3.27. The molecule has 0 spiro atoms. The molecule has 0 aromatic carbocycles. The SMILES string of the molecule is C[C@@H](Sc1nncs1)c1nc2scc(-c3cccs3)c2c(=O)[nH]1. The van der Waals surface area contributed by atoms with Crippen LogP contribution in [0.15, 0.2) is 37.5 Å². The first kappa shape index (κ1) is 15.0. The molecule has 0 fully saturated rings. The Morgan fingerprint density at radius 1 is 1.30 bits per heavy atom. The normalized spacial score (nSPS) is 12.7. The summed E-state index contributed by atoms with van der Waals surface area (Å²) in [6.07, 6.45) is 0. The van der Waals surface area contributed by atoms with Crippen LogP contribution in [0.25, 0.3) is 20.7 Å². The highest BCUT2D eigenvalue weighted by Gasteiger charge is 2.17. The van der Waals surface area contributed by atoms with Crippen LogP contribution < -0.4 is 5.56 Å². The minimum absolute atomic E-state index is 0.00679. The van der Waals surface area contributed by atoms with Crippen molar-refractivity contribution in [1.82, 2.24) is 20.2 Å². The van der Waals surface area contributed by atoms with E-state index in [1.165, 1.54) is 22.7 Å². The van der Waals surface area contributed by atoms with E-state index in [0.717, 1.165) is 19.6 Å². The summed E-state index contributed by atoms with van der Waals surface area (Å²) < 4.78 is 0.866. The number of hydrogen-bond donors (Lipinski definition) is 1. The quantitative estimate of drug-likeness (QED) is 0.532. The molecule has 23 heavy (non-hydrogen) atoms. The second kappa shape index (κ2) is 6.16. The van der Waals surface area contributed by atoms with Gasteiger partial charge in [0.25, 0.3) is 5.56 Å². The van der Waals surface area contributed by atoms with Crippen molar-refractivity contribution in [2.24, 2.45) is 0 Å². The number of thiophene rings is 2. The predicted octanol–water partition coefficient (Wildman–Crippen LogP) is 4.42. The summed E-state index contributed by atoms with van der Waals surface area (Å²) in [6.45, 7) is 2.00. The fourth-order valence-corrected chi connectivity index (χ4v) is 5.64. The van der Waals surface area contributed by atoms with E-state index in [4.69, 9.17) is 0 Å². The Morgan fingerprint density at radius 3 is 2.96 bits per heavy atom. The van der Waals surface area contributed by atoms with Crippen LogP contribution in [-0.2, 0) is 0 Å². The lowest BCUT2D eigenvalue weighted by atomic mass is 10.2. The third-order valence-electron chi connectivity index (χ3n) is 3.25. The van der Waals surface area contributed by atoms with E-state index in [2.05, 4.69) is 20.2 Å². The van der Waals surface area contributed by atoms with Gasteiger partial charge in [-0.2, -0.15) is 0 Å². The van der Waals surface area contributed by atoms with E-state index in [1.54, 1.807) is 28.6 Å². The summed E-state index contributed by atoms with van der Waals surface area (Å²) in [7, 11) is 0. The lowest BCUT2D eigenvalue weighted by molar-refractivity contribution is 0.919. The molecule has 0 aliphatic heterocycles. The summed E-state index contributed by atoms with van der Waals surface area (Å²) in [5.74, 6) is 0.669. The largest absolute Gasteiger partial charge is 0.309 e. The van der Waals surface area contributed by atoms with Gasteiger partial charge >= 0.3 is 0 Å². The zero-order valence-electron chi connectivity index (χ0n) is 11.8. The van der Waals surface area contributed by atoms with Crippen molar-refractivity contribution in [2.75, 3.05) is 0 Å². The molecule has 5 nitrogen and oxygen atoms in total. The van der Waals surface area contributed by atoms with Crippen LogP contribution in [0.4, 0.5) is 0 Å². The minimum Gasteiger partial charge on any atom is -0.309 e. The molecule has 0 radical (unpaired) electrons. The minimum atomic E-state index is -0.0839. The number of nitrogens with one attached hydrogen (secondary N) is 1. The summed E-state index contributed by atoms with van der Waals surface area (Å²) in [4.78, 5) is 22.0. The molecular weight excluding hydrogens is 368 g/mol. The van der Waals surface area contributed by atoms with Crippen molar-refractivity contribution in [3.63, 3.8) is 0 Å². The summed E-state index contributed by atoms with van der Waals surface area (Å²) in [5, 5.41) is 12.5. The number of fused-ring (bicyclic) bond motifs is 1. The number of nitrogens with zero attached hydrogens (tertiary/aromatic N) is 3. The molecule has 0 saturated carbocycles. The Labute approximate surface area is 147 Å². The molecule has 9 heteroatoms. The number of aromatic nitrogens is 4. The summed E-state index contributed by atoms with van der Waals surface area (Å²) >= 11 is 6.16. The van der Waals surface area contributed by atoms with Crippen LogP contribution >= 0.6 is 45.8 Å². The van der Waals surface area contributed by atoms with E-state index in [-0.39, 0.29) is 10.8 Å². The molecule has 4 aromatic heterocycles. The first-order valence-electron chi connectivity index (χ1n) is 6.70. The number of rotatable bonds is 4. The Hall–Kier alpha value is -1.55. The number of H-pyrrole nitrogens is 1. The lowest BCUT2D eigenvalue weighted by Gasteiger charge is -2.08. The van der Waals surface area contributed by atoms with Crippen LogP contribution in [0.1, 0.15) is 18.0 Å². The summed E-state index contributed by atoms with van der Waals surface area (Å²) in [5.41, 5.74) is 2.57. The number of thioether (sulfide) groups is 1. The zero-order valence-corrected chi connectivity index (χ0v) is 15.1. The summed E-state index contributed by atoms with van der Waals surface area (Å²) in [6, 6.07) is 4.01. The molecule has 0 aliphatic carbocycles. The maximum absolute atomic E-state index is 12.6. The van der Waals surface area contributed by atoms with Crippen molar-refractivity contribution >= 4 is 56.0 Å². The van der Waals surface area contributed by atoms with Gasteiger partial charge < -0.3 is 4.98 Å². The standard InChI is InChI=1S/C14H10N4OS4/c1-7(23-14-18-15-6-22-14)11-16-12(19)10-8(5-21-13(10)17-11)9-3-2-4-20-9/h2-7H,1H3,(H,16,17,19)/t7-/m1/s1. The van der Waals surface area contributed by atoms with Crippen molar-refractivity contribution in [2.45, 2.75) is 16.5 Å². The third kappa shape index (κ3) is 2.85. The van der Waals surface area contributed by atoms with Gasteiger partial charge in [0, 0.05) is 15.8 Å². The van der Waals surface area contributed by atoms with Crippen molar-refractivity contribution in [3.8, 4) is 10.4 Å². The molecule has 4 heterocycles. The van der Waals surface area contributed by atoms with Gasteiger partial charge in [0.15, 0.2) is 4.34 Å². The highest BCUT2D eigenvalue weighted by atomic mass is 32.2. The maximum atomic E-state index is 12.6. The lowest BCUT2D eigenvalue weighted by Crippen LogP contribution is -2.12. The molecule has 1 N–H and O–H groups in total. The molecule has 116 valence electrons. The topological polar surface area (TPSA) is 71.5 Å². The van der Waals surface area contributed by atoms with Crippen molar-refractivity contribution < 1.29 is 0 Å². The van der Waals surface area contributed by atoms with Crippen molar-refractivity contribution in [3.05, 3.63) is 44.6 Å². The Kier molecular flexibility index (Phi) is 4.02. The number of aromatic amines is 1. The molecular formula is C14H10N4OS4. The second-order valence-corrected chi connectivity index (χ2v) is 8.95. The Balaban J connectivity index is 1.75. The maximum Gasteiger partial charge on any atom is 0.260 e. The van der Waals surface area contributed by atoms with E-state index in [1.807, 2.05) is 29.8 Å². The fourth-order valence-electron chi connectivity index (χ4n) is 2.19. The first-order chi connectivity index (χ1) is 11.2. The van der Waals surface area contributed by atoms with Crippen LogP contribution in [0.3, 0.4) is 0 Å². The van der Waals surface area contributed by atoms with Crippen LogP contribution in [0, 0.1) is 0 Å². The van der Waals surface area contributed by atoms with Gasteiger partial charge in [0.2, 0.25) is 0 Å². The van der Waals surface area contributed by atoms with Crippen molar-refractivity contribution in [1.29, 1.82) is 0 Å². The van der Waals surface area contributed by atoms with E-state index < -0.39 is 0 Å². The van der Waals surface area contributed by atoms with E-state index in [9.17, 15) is 4.79 Å². The van der Waals surface area contributed by atoms with E-state index >= 15 is 0 Å². The third-order valence-corrected chi connectivity index (χ3v) is 6.95. The van der Waals surface area contributed by atoms with E-state index in [0.29, 0.717) is 11.2 Å². The van der Waals surface area contributed by atoms with Gasteiger partial charge in [0.1, 0.15) is 16.2 Å². The van der Waals surface area contributed by atoms with Gasteiger partial charge in [-0.3, -0.25) is 4.79 Å². The van der Waals surface area contributed by atoms with Crippen LogP contribution in [0.5, 0.6) is 0 Å². The van der Waals surface area contributed by atoms with Gasteiger partial charge in [-0.05, 0) is 18.4 Å².